The number of hydrogen-bond acceptors (Lipinski definition) is 3. The first-order chi connectivity index (χ1) is 9.80. The number of ether oxygens (including phenoxy) is 1. The van der Waals surface area contributed by atoms with Gasteiger partial charge in [0.05, 0.1) is 12.4 Å². The minimum atomic E-state index is -3.51. The van der Waals surface area contributed by atoms with Crippen LogP contribution in [0.1, 0.15) is 43.2 Å². The molecule has 0 saturated heterocycles. The number of hydrogen-bond donors (Lipinski definition) is 0. The highest BCUT2D eigenvalue weighted by molar-refractivity contribution is 8.13. The molecule has 0 radical (unpaired) electrons. The van der Waals surface area contributed by atoms with Gasteiger partial charge in [0, 0.05) is 16.1 Å². The van der Waals surface area contributed by atoms with Gasteiger partial charge in [-0.3, -0.25) is 0 Å². The van der Waals surface area contributed by atoms with Crippen LogP contribution in [0.3, 0.4) is 0 Å². The number of benzene rings is 1. The molecule has 1 saturated carbocycles. The molecule has 0 atom stereocenters. The van der Waals surface area contributed by atoms with Crippen LogP contribution in [0.25, 0.3) is 0 Å². The Morgan fingerprint density at radius 2 is 1.86 bits per heavy atom. The maximum Gasteiger partial charge on any atom is 0.233 e. The Labute approximate surface area is 132 Å². The highest BCUT2D eigenvalue weighted by Crippen LogP contribution is 2.39. The van der Waals surface area contributed by atoms with Gasteiger partial charge in [0.25, 0.3) is 0 Å². The second-order valence-electron chi connectivity index (χ2n) is 6.30. The average Bonchev–Trinajstić information content (AvgIpc) is 2.37. The van der Waals surface area contributed by atoms with E-state index >= 15 is 0 Å². The lowest BCUT2D eigenvalue weighted by Gasteiger charge is -2.36. The lowest BCUT2D eigenvalue weighted by molar-refractivity contribution is 0.118. The second kappa shape index (κ2) is 6.57. The topological polar surface area (TPSA) is 43.4 Å². The third-order valence-electron chi connectivity index (χ3n) is 4.26. The lowest BCUT2D eigenvalue weighted by Crippen LogP contribution is -2.36. The molecule has 0 aliphatic heterocycles. The van der Waals surface area contributed by atoms with Crippen molar-refractivity contribution in [1.82, 2.24) is 0 Å². The van der Waals surface area contributed by atoms with Crippen molar-refractivity contribution in [3.63, 3.8) is 0 Å². The van der Waals surface area contributed by atoms with Crippen LogP contribution < -0.4 is 4.74 Å². The van der Waals surface area contributed by atoms with E-state index in [1.807, 2.05) is 26.0 Å². The van der Waals surface area contributed by atoms with Gasteiger partial charge in [0.15, 0.2) is 0 Å². The minimum absolute atomic E-state index is 0.00641. The Morgan fingerprint density at radius 3 is 2.43 bits per heavy atom. The molecule has 3 nitrogen and oxygen atoms in total. The predicted molar refractivity (Wildman–Crippen MR) is 86.6 cm³/mol. The molecule has 2 rings (SSSR count). The predicted octanol–water partition coefficient (Wildman–Crippen LogP) is 4.20. The van der Waals surface area contributed by atoms with Gasteiger partial charge in [0.2, 0.25) is 9.05 Å². The molecule has 21 heavy (non-hydrogen) atoms. The van der Waals surface area contributed by atoms with E-state index in [4.69, 9.17) is 15.4 Å². The van der Waals surface area contributed by atoms with Crippen molar-refractivity contribution in [3.05, 3.63) is 29.3 Å². The van der Waals surface area contributed by atoms with Gasteiger partial charge in [-0.2, -0.15) is 0 Å². The normalized spacial score (nSPS) is 18.4. The van der Waals surface area contributed by atoms with E-state index in [0.29, 0.717) is 6.61 Å². The van der Waals surface area contributed by atoms with Gasteiger partial charge >= 0.3 is 0 Å². The molecule has 0 bridgehead atoms. The molecule has 118 valence electrons. The fourth-order valence-electron chi connectivity index (χ4n) is 3.19. The van der Waals surface area contributed by atoms with Gasteiger partial charge in [-0.15, -0.1) is 0 Å². The summed E-state index contributed by atoms with van der Waals surface area (Å²) in [7, 11) is 2.00. The van der Waals surface area contributed by atoms with Gasteiger partial charge in [-0.25, -0.2) is 8.42 Å². The van der Waals surface area contributed by atoms with Crippen molar-refractivity contribution in [1.29, 1.82) is 0 Å². The summed E-state index contributed by atoms with van der Waals surface area (Å²) < 4.78 is 29.0. The van der Waals surface area contributed by atoms with E-state index < -0.39 is 9.05 Å². The third-order valence-corrected chi connectivity index (χ3v) is 5.54. The van der Waals surface area contributed by atoms with E-state index in [-0.39, 0.29) is 11.2 Å². The first-order valence-corrected chi connectivity index (χ1v) is 9.90. The lowest BCUT2D eigenvalue weighted by atomic mass is 9.76. The van der Waals surface area contributed by atoms with Crippen LogP contribution in [0, 0.1) is 19.3 Å². The summed E-state index contributed by atoms with van der Waals surface area (Å²) in [5.41, 5.74) is 1.93. The van der Waals surface area contributed by atoms with Crippen LogP contribution in [0.4, 0.5) is 0 Å². The number of rotatable bonds is 5. The highest BCUT2D eigenvalue weighted by atomic mass is 35.7. The third kappa shape index (κ3) is 4.89. The zero-order valence-corrected chi connectivity index (χ0v) is 14.3. The molecule has 1 aliphatic carbocycles. The first kappa shape index (κ1) is 16.6. The van der Waals surface area contributed by atoms with Crippen LogP contribution in [-0.2, 0) is 9.05 Å². The fraction of sp³-hybridized carbons (Fsp3) is 0.625. The molecule has 0 spiro atoms. The monoisotopic (exact) mass is 330 g/mol. The zero-order valence-electron chi connectivity index (χ0n) is 12.7. The van der Waals surface area contributed by atoms with Gasteiger partial charge in [0.1, 0.15) is 5.75 Å². The zero-order chi connectivity index (χ0) is 15.5. The quantitative estimate of drug-likeness (QED) is 0.760. The molecule has 1 aliphatic rings. The van der Waals surface area contributed by atoms with Gasteiger partial charge in [-0.05, 0) is 38.3 Å². The second-order valence-corrected chi connectivity index (χ2v) is 9.08. The maximum atomic E-state index is 11.5. The van der Waals surface area contributed by atoms with E-state index in [1.165, 1.54) is 5.56 Å². The van der Waals surface area contributed by atoms with Crippen molar-refractivity contribution in [2.24, 2.45) is 5.41 Å². The van der Waals surface area contributed by atoms with Crippen molar-refractivity contribution < 1.29 is 13.2 Å². The molecule has 0 aromatic heterocycles. The Bertz CT molecular complexity index is 590. The summed E-state index contributed by atoms with van der Waals surface area (Å²) in [6, 6.07) is 6.03. The van der Waals surface area contributed by atoms with E-state index in [2.05, 4.69) is 6.07 Å². The van der Waals surface area contributed by atoms with Crippen LogP contribution >= 0.6 is 10.7 Å². The number of aryl methyl sites for hydroxylation is 2. The summed E-state index contributed by atoms with van der Waals surface area (Å²) in [4.78, 5) is 0. The maximum absolute atomic E-state index is 11.5. The Morgan fingerprint density at radius 1 is 1.19 bits per heavy atom. The van der Waals surface area contributed by atoms with E-state index in [9.17, 15) is 8.42 Å². The molecule has 1 fully saturated rings. The average molecular weight is 331 g/mol. The Hall–Kier alpha value is -0.740. The van der Waals surface area contributed by atoms with Crippen LogP contribution in [0.2, 0.25) is 0 Å². The summed E-state index contributed by atoms with van der Waals surface area (Å²) in [6.45, 7) is 4.47. The molecule has 5 heteroatoms. The van der Waals surface area contributed by atoms with Crippen LogP contribution in [-0.4, -0.2) is 20.8 Å². The van der Waals surface area contributed by atoms with Gasteiger partial charge in [-0.1, -0.05) is 37.0 Å². The Balaban J connectivity index is 2.12. The molecule has 0 N–H and O–H groups in total. The minimum Gasteiger partial charge on any atom is -0.493 e. The molecule has 0 heterocycles. The molecule has 1 aromatic carbocycles. The van der Waals surface area contributed by atoms with E-state index in [1.54, 1.807) is 0 Å². The first-order valence-electron chi connectivity index (χ1n) is 7.42. The van der Waals surface area contributed by atoms with Crippen molar-refractivity contribution >= 4 is 19.7 Å². The summed E-state index contributed by atoms with van der Waals surface area (Å²) >= 11 is 0. The summed E-state index contributed by atoms with van der Waals surface area (Å²) in [6.07, 6.45) is 4.98. The summed E-state index contributed by atoms with van der Waals surface area (Å²) in [5.74, 6) is 0.837. The standard InChI is InChI=1S/C16H23ClO3S/c1-13-6-7-15(14(2)10-13)20-11-16(12-21(17,18)19)8-4-3-5-9-16/h6-7,10H,3-5,8-9,11-12H2,1-2H3. The number of halogens is 1. The van der Waals surface area contributed by atoms with Crippen LogP contribution in [0.15, 0.2) is 18.2 Å². The molecule has 0 unspecified atom stereocenters. The molecular weight excluding hydrogens is 308 g/mol. The Kier molecular flexibility index (Phi) is 5.20. The van der Waals surface area contributed by atoms with Crippen molar-refractivity contribution in [3.8, 4) is 5.75 Å². The molecule has 0 amide bonds. The van der Waals surface area contributed by atoms with Crippen LogP contribution in [0.5, 0.6) is 5.75 Å². The summed E-state index contributed by atoms with van der Waals surface area (Å²) in [5, 5.41) is 0. The SMILES string of the molecule is Cc1ccc(OCC2(CS(=O)(=O)Cl)CCCCC2)c(C)c1. The van der Waals surface area contributed by atoms with E-state index in [0.717, 1.165) is 43.4 Å². The molecular formula is C16H23ClO3S. The van der Waals surface area contributed by atoms with Crippen molar-refractivity contribution in [2.45, 2.75) is 46.0 Å². The largest absolute Gasteiger partial charge is 0.493 e. The highest BCUT2D eigenvalue weighted by Gasteiger charge is 2.37. The van der Waals surface area contributed by atoms with Gasteiger partial charge < -0.3 is 4.74 Å². The molecule has 1 aromatic rings. The smallest absolute Gasteiger partial charge is 0.233 e. The van der Waals surface area contributed by atoms with Crippen molar-refractivity contribution in [2.75, 3.05) is 12.4 Å². The fourth-order valence-corrected chi connectivity index (χ4v) is 4.99.